The van der Waals surface area contributed by atoms with E-state index in [0.717, 1.165) is 22.6 Å². The average molecular weight is 420 g/mol. The van der Waals surface area contributed by atoms with Crippen LogP contribution in [0.15, 0.2) is 36.4 Å². The lowest BCUT2D eigenvalue weighted by Gasteiger charge is -2.23. The summed E-state index contributed by atoms with van der Waals surface area (Å²) in [4.78, 5) is 11.7. The zero-order valence-electron chi connectivity index (χ0n) is 18.2. The molecule has 31 heavy (non-hydrogen) atoms. The molecule has 1 fully saturated rings. The van der Waals surface area contributed by atoms with Gasteiger partial charge in [0.15, 0.2) is 0 Å². The Balaban J connectivity index is 1.75. The van der Waals surface area contributed by atoms with Gasteiger partial charge in [0.05, 0.1) is 23.9 Å². The lowest BCUT2D eigenvalue weighted by atomic mass is 9.81. The van der Waals surface area contributed by atoms with Gasteiger partial charge >= 0.3 is 5.97 Å². The van der Waals surface area contributed by atoms with Crippen molar-refractivity contribution in [2.45, 2.75) is 64.5 Å². The van der Waals surface area contributed by atoms with E-state index in [0.29, 0.717) is 24.6 Å². The number of carbonyl (C=O) groups is 1. The van der Waals surface area contributed by atoms with E-state index in [1.807, 2.05) is 38.1 Å². The minimum atomic E-state index is -0.891. The number of hydrogen-bond acceptors (Lipinski definition) is 3. The number of aromatic nitrogens is 1. The number of fused-ring (bicyclic) bond motifs is 5. The molecule has 5 rings (SSSR count). The molecule has 5 heteroatoms. The Morgan fingerprint density at radius 2 is 1.94 bits per heavy atom. The van der Waals surface area contributed by atoms with Gasteiger partial charge in [-0.1, -0.05) is 25.3 Å². The van der Waals surface area contributed by atoms with E-state index in [4.69, 9.17) is 9.47 Å². The maximum atomic E-state index is 11.7. The SMILES string of the molecule is CC(C)Oc1ccc2c(c1)OCCn1c-2c(C2CCCCC2)c2ccc(C(=O)O)cc21. The molecule has 0 unspecified atom stereocenters. The molecule has 1 aliphatic heterocycles. The van der Waals surface area contributed by atoms with Crippen LogP contribution in [-0.2, 0) is 6.54 Å². The Bertz CT molecular complexity index is 1140. The van der Waals surface area contributed by atoms with Crippen LogP contribution in [0.4, 0.5) is 0 Å². The zero-order valence-corrected chi connectivity index (χ0v) is 18.2. The fourth-order valence-corrected chi connectivity index (χ4v) is 5.25. The third-order valence-corrected chi connectivity index (χ3v) is 6.52. The van der Waals surface area contributed by atoms with Gasteiger partial charge in [-0.2, -0.15) is 0 Å². The topological polar surface area (TPSA) is 60.7 Å². The molecular weight excluding hydrogens is 390 g/mol. The summed E-state index contributed by atoms with van der Waals surface area (Å²) >= 11 is 0. The van der Waals surface area contributed by atoms with Gasteiger partial charge in [0, 0.05) is 22.5 Å². The van der Waals surface area contributed by atoms with Crippen LogP contribution in [0.5, 0.6) is 11.5 Å². The summed E-state index contributed by atoms with van der Waals surface area (Å²) in [5.41, 5.74) is 4.94. The van der Waals surface area contributed by atoms with Crippen LogP contribution in [0.1, 0.15) is 67.8 Å². The van der Waals surface area contributed by atoms with Crippen LogP contribution >= 0.6 is 0 Å². The van der Waals surface area contributed by atoms with E-state index in [1.54, 1.807) is 6.07 Å². The predicted molar refractivity (Wildman–Crippen MR) is 121 cm³/mol. The second-order valence-electron chi connectivity index (χ2n) is 8.96. The summed E-state index contributed by atoms with van der Waals surface area (Å²) < 4.78 is 14.3. The predicted octanol–water partition coefficient (Wildman–Crippen LogP) is 6.23. The molecule has 1 aliphatic carbocycles. The lowest BCUT2D eigenvalue weighted by Crippen LogP contribution is -2.07. The first-order chi connectivity index (χ1) is 15.0. The molecule has 2 heterocycles. The monoisotopic (exact) mass is 419 g/mol. The van der Waals surface area contributed by atoms with Crippen LogP contribution in [0.25, 0.3) is 22.2 Å². The van der Waals surface area contributed by atoms with Crippen LogP contribution < -0.4 is 9.47 Å². The van der Waals surface area contributed by atoms with Crippen molar-refractivity contribution in [2.75, 3.05) is 6.61 Å². The number of rotatable bonds is 4. The minimum Gasteiger partial charge on any atom is -0.491 e. The van der Waals surface area contributed by atoms with Crippen LogP contribution in [0.3, 0.4) is 0 Å². The number of benzene rings is 2. The smallest absolute Gasteiger partial charge is 0.335 e. The standard InChI is InChI=1S/C26H29NO4/c1-16(2)31-19-9-11-21-23(15-19)30-13-12-27-22-14-18(26(28)29)8-10-20(22)24(25(21)27)17-6-4-3-5-7-17/h8-11,14-17H,3-7,12-13H2,1-2H3,(H,28,29). The van der Waals surface area contributed by atoms with Gasteiger partial charge in [-0.05, 0) is 62.4 Å². The van der Waals surface area contributed by atoms with E-state index in [2.05, 4.69) is 10.6 Å². The number of carboxylic acid groups (broad SMARTS) is 1. The molecular formula is C26H29NO4. The van der Waals surface area contributed by atoms with E-state index >= 15 is 0 Å². The molecule has 3 aromatic rings. The van der Waals surface area contributed by atoms with E-state index in [1.165, 1.54) is 48.7 Å². The first-order valence-corrected chi connectivity index (χ1v) is 11.4. The molecule has 5 nitrogen and oxygen atoms in total. The van der Waals surface area contributed by atoms with Gasteiger partial charge in [0.1, 0.15) is 18.1 Å². The van der Waals surface area contributed by atoms with Gasteiger partial charge in [-0.15, -0.1) is 0 Å². The summed E-state index contributed by atoms with van der Waals surface area (Å²) in [5, 5.41) is 10.8. The zero-order chi connectivity index (χ0) is 21.5. The summed E-state index contributed by atoms with van der Waals surface area (Å²) in [7, 11) is 0. The van der Waals surface area contributed by atoms with Gasteiger partial charge < -0.3 is 19.1 Å². The average Bonchev–Trinajstić information content (AvgIpc) is 2.95. The first-order valence-electron chi connectivity index (χ1n) is 11.4. The van der Waals surface area contributed by atoms with Crippen molar-refractivity contribution in [1.82, 2.24) is 4.57 Å². The Morgan fingerprint density at radius 1 is 1.13 bits per heavy atom. The number of aromatic carboxylic acids is 1. The number of nitrogens with zero attached hydrogens (tertiary/aromatic N) is 1. The quantitative estimate of drug-likeness (QED) is 0.544. The van der Waals surface area contributed by atoms with E-state index in [9.17, 15) is 9.90 Å². The Labute approximate surface area is 182 Å². The van der Waals surface area contributed by atoms with Gasteiger partial charge in [-0.3, -0.25) is 0 Å². The highest BCUT2D eigenvalue weighted by molar-refractivity contribution is 5.98. The van der Waals surface area contributed by atoms with E-state index in [-0.39, 0.29) is 6.10 Å². The fraction of sp³-hybridized carbons (Fsp3) is 0.423. The number of ether oxygens (including phenoxy) is 2. The van der Waals surface area contributed by atoms with Crippen molar-refractivity contribution in [3.63, 3.8) is 0 Å². The van der Waals surface area contributed by atoms with Crippen molar-refractivity contribution < 1.29 is 19.4 Å². The summed E-state index contributed by atoms with van der Waals surface area (Å²) in [6.07, 6.45) is 6.24. The lowest BCUT2D eigenvalue weighted by molar-refractivity contribution is 0.0697. The molecule has 0 saturated heterocycles. The molecule has 162 valence electrons. The third-order valence-electron chi connectivity index (χ3n) is 6.52. The van der Waals surface area contributed by atoms with Crippen molar-refractivity contribution >= 4 is 16.9 Å². The molecule has 0 bridgehead atoms. The van der Waals surface area contributed by atoms with Gasteiger partial charge in [-0.25, -0.2) is 4.79 Å². The van der Waals surface area contributed by atoms with Gasteiger partial charge in [0.25, 0.3) is 0 Å². The van der Waals surface area contributed by atoms with Crippen molar-refractivity contribution in [1.29, 1.82) is 0 Å². The van der Waals surface area contributed by atoms with Crippen molar-refractivity contribution in [3.8, 4) is 22.8 Å². The highest BCUT2D eigenvalue weighted by Crippen LogP contribution is 2.47. The Morgan fingerprint density at radius 3 is 2.68 bits per heavy atom. The van der Waals surface area contributed by atoms with Crippen LogP contribution in [-0.4, -0.2) is 28.4 Å². The maximum Gasteiger partial charge on any atom is 0.335 e. The third kappa shape index (κ3) is 3.56. The molecule has 1 N–H and O–H groups in total. The highest BCUT2D eigenvalue weighted by Gasteiger charge is 2.29. The second-order valence-corrected chi connectivity index (χ2v) is 8.96. The molecule has 1 saturated carbocycles. The van der Waals surface area contributed by atoms with Crippen molar-refractivity contribution in [2.24, 2.45) is 0 Å². The Kier molecular flexibility index (Phi) is 5.12. The molecule has 0 amide bonds. The van der Waals surface area contributed by atoms with Crippen molar-refractivity contribution in [3.05, 3.63) is 47.5 Å². The van der Waals surface area contributed by atoms with E-state index < -0.39 is 5.97 Å². The molecule has 0 spiro atoms. The summed E-state index contributed by atoms with van der Waals surface area (Å²) in [6, 6.07) is 11.7. The maximum absolute atomic E-state index is 11.7. The minimum absolute atomic E-state index is 0.0996. The number of carboxylic acids is 1. The second kappa shape index (κ2) is 7.95. The molecule has 0 radical (unpaired) electrons. The summed E-state index contributed by atoms with van der Waals surface area (Å²) in [6.45, 7) is 5.27. The molecule has 0 atom stereocenters. The van der Waals surface area contributed by atoms with Crippen LogP contribution in [0.2, 0.25) is 0 Å². The normalized spacial score (nSPS) is 16.5. The molecule has 2 aromatic carbocycles. The summed E-state index contributed by atoms with van der Waals surface area (Å²) in [5.74, 6) is 1.25. The first kappa shape index (κ1) is 20.0. The fourth-order valence-electron chi connectivity index (χ4n) is 5.25. The van der Waals surface area contributed by atoms with Crippen LogP contribution in [0, 0.1) is 0 Å². The molecule has 2 aliphatic rings. The van der Waals surface area contributed by atoms with Gasteiger partial charge in [0.2, 0.25) is 0 Å². The highest BCUT2D eigenvalue weighted by atomic mass is 16.5. The molecule has 1 aromatic heterocycles. The Hall–Kier alpha value is -2.95. The number of hydrogen-bond donors (Lipinski definition) is 1. The largest absolute Gasteiger partial charge is 0.491 e.